The highest BCUT2D eigenvalue weighted by atomic mass is 16.1. The Bertz CT molecular complexity index is 984. The molecule has 1 saturated carbocycles. The third-order valence-electron chi connectivity index (χ3n) is 6.91. The van der Waals surface area contributed by atoms with Crippen LogP contribution in [0.2, 0.25) is 0 Å². The van der Waals surface area contributed by atoms with E-state index in [0.717, 1.165) is 61.3 Å². The average molecular weight is 363 g/mol. The molecule has 0 unspecified atom stereocenters. The minimum Gasteiger partial charge on any atom is -0.370 e. The number of nitrogens with zero attached hydrogens (tertiary/aromatic N) is 3. The lowest BCUT2D eigenvalue weighted by molar-refractivity contribution is 0.0956. The van der Waals surface area contributed by atoms with E-state index in [2.05, 4.69) is 26.9 Å². The molecule has 3 aliphatic rings. The molecule has 2 saturated heterocycles. The smallest absolute Gasteiger partial charge is 0.268 e. The van der Waals surface area contributed by atoms with E-state index >= 15 is 0 Å². The van der Waals surface area contributed by atoms with Crippen molar-refractivity contribution in [3.8, 4) is 6.07 Å². The first-order chi connectivity index (χ1) is 13.1. The first-order valence-corrected chi connectivity index (χ1v) is 9.94. The predicted octanol–water partition coefficient (Wildman–Crippen LogP) is 2.32. The van der Waals surface area contributed by atoms with Gasteiger partial charge in [0, 0.05) is 43.3 Å². The highest BCUT2D eigenvalue weighted by Crippen LogP contribution is 2.49. The van der Waals surface area contributed by atoms with Crippen LogP contribution in [0.5, 0.6) is 0 Å². The molecule has 6 heteroatoms. The molecule has 27 heavy (non-hydrogen) atoms. The fraction of sp³-hybridized carbons (Fsp3) is 0.524. The maximum atomic E-state index is 12.5. The lowest BCUT2D eigenvalue weighted by Crippen LogP contribution is -2.55. The number of benzene rings is 1. The van der Waals surface area contributed by atoms with Crippen molar-refractivity contribution in [2.75, 3.05) is 36.0 Å². The fourth-order valence-corrected chi connectivity index (χ4v) is 5.00. The summed E-state index contributed by atoms with van der Waals surface area (Å²) in [6.45, 7) is 3.54. The Morgan fingerprint density at radius 3 is 2.48 bits per heavy atom. The van der Waals surface area contributed by atoms with Crippen LogP contribution in [0.15, 0.2) is 23.0 Å². The summed E-state index contributed by atoms with van der Waals surface area (Å²) in [5.41, 5.74) is 9.13. The minimum absolute atomic E-state index is 0.228. The van der Waals surface area contributed by atoms with Crippen molar-refractivity contribution in [3.63, 3.8) is 0 Å². The van der Waals surface area contributed by atoms with Crippen molar-refractivity contribution in [2.45, 2.75) is 38.1 Å². The molecule has 0 radical (unpaired) electrons. The van der Waals surface area contributed by atoms with Gasteiger partial charge in [0.05, 0.1) is 11.2 Å². The van der Waals surface area contributed by atoms with Crippen molar-refractivity contribution >= 4 is 22.3 Å². The molecule has 0 amide bonds. The number of rotatable bonds is 2. The third kappa shape index (κ3) is 2.61. The molecule has 140 valence electrons. The molecule has 1 spiro atoms. The molecule has 2 aromatic rings. The monoisotopic (exact) mass is 363 g/mol. The number of hydrogen-bond donors (Lipinski definition) is 2. The molecule has 1 aromatic carbocycles. The highest BCUT2D eigenvalue weighted by Gasteiger charge is 2.40. The summed E-state index contributed by atoms with van der Waals surface area (Å²) < 4.78 is 0. The summed E-state index contributed by atoms with van der Waals surface area (Å²) in [5.74, 6) is 0. The zero-order chi connectivity index (χ0) is 18.6. The normalized spacial score (nSPS) is 21.8. The maximum absolute atomic E-state index is 12.5. The molecular formula is C21H25N5O. The SMILES string of the molecule is N#Cc1c(N2CCC3(CCC3)CC2)c2cc(N3CC(N)C3)ccc2[nH]c1=O. The van der Waals surface area contributed by atoms with Crippen LogP contribution in [0.4, 0.5) is 11.4 Å². The fourth-order valence-electron chi connectivity index (χ4n) is 5.00. The standard InChI is InChI=1S/C21H25N5O/c22-11-17-19(25-8-6-21(7-9-25)4-1-5-21)16-10-15(26-12-14(23)13-26)2-3-18(16)24-20(17)27/h2-3,10,14H,1,4-9,12-13,23H2,(H,24,27). The zero-order valence-electron chi connectivity index (χ0n) is 15.5. The quantitative estimate of drug-likeness (QED) is 0.855. The average Bonchev–Trinajstić information content (AvgIpc) is 2.63. The van der Waals surface area contributed by atoms with Crippen molar-refractivity contribution in [1.29, 1.82) is 5.26 Å². The minimum atomic E-state index is -0.289. The Kier molecular flexibility index (Phi) is 3.70. The largest absolute Gasteiger partial charge is 0.370 e. The van der Waals surface area contributed by atoms with Crippen LogP contribution < -0.4 is 21.1 Å². The first kappa shape index (κ1) is 16.6. The van der Waals surface area contributed by atoms with E-state index in [1.54, 1.807) is 0 Å². The zero-order valence-corrected chi connectivity index (χ0v) is 15.5. The van der Waals surface area contributed by atoms with Gasteiger partial charge < -0.3 is 20.5 Å². The van der Waals surface area contributed by atoms with Crippen LogP contribution in [0.1, 0.15) is 37.7 Å². The van der Waals surface area contributed by atoms with Gasteiger partial charge in [-0.25, -0.2) is 0 Å². The molecule has 1 aromatic heterocycles. The molecule has 3 N–H and O–H groups in total. The summed E-state index contributed by atoms with van der Waals surface area (Å²) in [6.07, 6.45) is 6.33. The van der Waals surface area contributed by atoms with Crippen LogP contribution in [0, 0.1) is 16.7 Å². The number of fused-ring (bicyclic) bond motifs is 1. The van der Waals surface area contributed by atoms with Crippen molar-refractivity contribution in [3.05, 3.63) is 34.1 Å². The van der Waals surface area contributed by atoms with Crippen molar-refractivity contribution in [1.82, 2.24) is 4.98 Å². The molecule has 2 aliphatic heterocycles. The summed E-state index contributed by atoms with van der Waals surface area (Å²) >= 11 is 0. The predicted molar refractivity (Wildman–Crippen MR) is 107 cm³/mol. The van der Waals surface area contributed by atoms with E-state index < -0.39 is 0 Å². The van der Waals surface area contributed by atoms with Gasteiger partial charge in [0.2, 0.25) is 0 Å². The first-order valence-electron chi connectivity index (χ1n) is 9.94. The van der Waals surface area contributed by atoms with Crippen molar-refractivity contribution < 1.29 is 0 Å². The molecule has 3 heterocycles. The van der Waals surface area contributed by atoms with Crippen LogP contribution in [-0.4, -0.2) is 37.2 Å². The van der Waals surface area contributed by atoms with E-state index in [9.17, 15) is 10.1 Å². The highest BCUT2D eigenvalue weighted by molar-refractivity contribution is 5.96. The van der Waals surface area contributed by atoms with Gasteiger partial charge in [-0.15, -0.1) is 0 Å². The van der Waals surface area contributed by atoms with E-state index in [4.69, 9.17) is 5.73 Å². The van der Waals surface area contributed by atoms with Gasteiger partial charge >= 0.3 is 0 Å². The number of H-pyrrole nitrogens is 1. The van der Waals surface area contributed by atoms with Gasteiger partial charge in [-0.3, -0.25) is 4.79 Å². The number of aromatic amines is 1. The number of nitrogens with one attached hydrogen (secondary N) is 1. The van der Waals surface area contributed by atoms with E-state index in [1.165, 1.54) is 19.3 Å². The number of nitrogens with two attached hydrogens (primary N) is 1. The van der Waals surface area contributed by atoms with E-state index in [1.807, 2.05) is 12.1 Å². The van der Waals surface area contributed by atoms with Gasteiger partial charge in [0.25, 0.3) is 5.56 Å². The van der Waals surface area contributed by atoms with Crippen LogP contribution >= 0.6 is 0 Å². The second-order valence-electron chi connectivity index (χ2n) is 8.53. The molecule has 0 atom stereocenters. The molecule has 5 rings (SSSR count). The lowest BCUT2D eigenvalue weighted by Gasteiger charge is -2.48. The maximum Gasteiger partial charge on any atom is 0.268 e. The van der Waals surface area contributed by atoms with Crippen LogP contribution in [0.3, 0.4) is 0 Å². The number of aromatic nitrogens is 1. The summed E-state index contributed by atoms with van der Waals surface area (Å²) in [6, 6.07) is 8.49. The molecule has 3 fully saturated rings. The van der Waals surface area contributed by atoms with E-state index in [0.29, 0.717) is 5.41 Å². The lowest BCUT2D eigenvalue weighted by atomic mass is 9.63. The number of anilines is 2. The van der Waals surface area contributed by atoms with E-state index in [-0.39, 0.29) is 17.2 Å². The Morgan fingerprint density at radius 1 is 1.15 bits per heavy atom. The molecular weight excluding hydrogens is 338 g/mol. The van der Waals surface area contributed by atoms with Gasteiger partial charge in [0.15, 0.2) is 0 Å². The van der Waals surface area contributed by atoms with Crippen LogP contribution in [0.25, 0.3) is 10.9 Å². The Balaban J connectivity index is 1.58. The third-order valence-corrected chi connectivity index (χ3v) is 6.91. The number of pyridine rings is 1. The summed E-state index contributed by atoms with van der Waals surface area (Å²) in [4.78, 5) is 19.9. The van der Waals surface area contributed by atoms with Gasteiger partial charge in [0.1, 0.15) is 11.6 Å². The van der Waals surface area contributed by atoms with Gasteiger partial charge in [-0.1, -0.05) is 6.42 Å². The van der Waals surface area contributed by atoms with Crippen LogP contribution in [-0.2, 0) is 0 Å². The summed E-state index contributed by atoms with van der Waals surface area (Å²) in [5, 5.41) is 10.7. The second-order valence-corrected chi connectivity index (χ2v) is 8.53. The second kappa shape index (κ2) is 6.00. The number of piperidine rings is 1. The Morgan fingerprint density at radius 2 is 1.89 bits per heavy atom. The molecule has 1 aliphatic carbocycles. The molecule has 0 bridgehead atoms. The summed E-state index contributed by atoms with van der Waals surface area (Å²) in [7, 11) is 0. The number of nitriles is 1. The van der Waals surface area contributed by atoms with Gasteiger partial charge in [-0.05, 0) is 49.3 Å². The Hall–Kier alpha value is -2.52. The topological polar surface area (TPSA) is 89.2 Å². The number of hydrogen-bond acceptors (Lipinski definition) is 5. The van der Waals surface area contributed by atoms with Gasteiger partial charge in [-0.2, -0.15) is 5.26 Å². The van der Waals surface area contributed by atoms with Crippen molar-refractivity contribution in [2.24, 2.45) is 11.1 Å². The Labute approximate surface area is 158 Å². The molecule has 6 nitrogen and oxygen atoms in total.